The molecule has 156 valence electrons. The zero-order chi connectivity index (χ0) is 21.8. The van der Waals surface area contributed by atoms with Crippen molar-refractivity contribution in [2.24, 2.45) is 5.73 Å². The number of amides is 2. The molecule has 7 nitrogen and oxygen atoms in total. The normalized spacial score (nSPS) is 10.8. The zero-order valence-electron chi connectivity index (χ0n) is 16.7. The van der Waals surface area contributed by atoms with E-state index >= 15 is 0 Å². The third-order valence-corrected chi connectivity index (χ3v) is 4.94. The molecule has 0 atom stereocenters. The van der Waals surface area contributed by atoms with Gasteiger partial charge in [-0.1, -0.05) is 24.3 Å². The predicted molar refractivity (Wildman–Crippen MR) is 120 cm³/mol. The van der Waals surface area contributed by atoms with Gasteiger partial charge in [0, 0.05) is 16.5 Å². The standard InChI is InChI=1S/C24H21N3O4/c25-22(28)13-14-31-17-11-9-16(10-12-17)26-23(29)15-27-20-7-3-1-5-18(20)24(30)19-6-2-4-8-21(19)27/h1-12H,13-15H2,(H2,25,28)(H,26,29). The van der Waals surface area contributed by atoms with Crippen LogP contribution in [0.15, 0.2) is 77.6 Å². The van der Waals surface area contributed by atoms with Gasteiger partial charge in [0.15, 0.2) is 5.43 Å². The average molecular weight is 415 g/mol. The average Bonchev–Trinajstić information content (AvgIpc) is 2.77. The molecule has 4 aromatic rings. The van der Waals surface area contributed by atoms with Crippen LogP contribution in [0.4, 0.5) is 5.69 Å². The van der Waals surface area contributed by atoms with Crippen molar-refractivity contribution in [1.82, 2.24) is 4.57 Å². The van der Waals surface area contributed by atoms with Crippen LogP contribution < -0.4 is 21.2 Å². The number of anilines is 1. The molecule has 0 saturated carbocycles. The van der Waals surface area contributed by atoms with Gasteiger partial charge in [0.05, 0.1) is 24.1 Å². The van der Waals surface area contributed by atoms with Crippen LogP contribution in [0.3, 0.4) is 0 Å². The molecule has 0 saturated heterocycles. The van der Waals surface area contributed by atoms with Crippen LogP contribution in [0.25, 0.3) is 21.8 Å². The minimum Gasteiger partial charge on any atom is -0.493 e. The van der Waals surface area contributed by atoms with Crippen molar-refractivity contribution in [2.45, 2.75) is 13.0 Å². The summed E-state index contributed by atoms with van der Waals surface area (Å²) < 4.78 is 7.28. The van der Waals surface area contributed by atoms with Gasteiger partial charge in [-0.15, -0.1) is 0 Å². The predicted octanol–water partition coefficient (Wildman–Crippen LogP) is 3.05. The summed E-state index contributed by atoms with van der Waals surface area (Å²) in [5.74, 6) is -0.0653. The Morgan fingerprint density at radius 2 is 1.45 bits per heavy atom. The number of hydrogen-bond acceptors (Lipinski definition) is 4. The highest BCUT2D eigenvalue weighted by Gasteiger charge is 2.13. The Hall–Kier alpha value is -4.13. The number of primary amides is 1. The largest absolute Gasteiger partial charge is 0.493 e. The summed E-state index contributed by atoms with van der Waals surface area (Å²) in [6, 6.07) is 21.4. The third-order valence-electron chi connectivity index (χ3n) is 4.94. The number of rotatable bonds is 7. The molecule has 0 radical (unpaired) electrons. The van der Waals surface area contributed by atoms with Crippen LogP contribution in [0.2, 0.25) is 0 Å². The lowest BCUT2D eigenvalue weighted by Crippen LogP contribution is -2.21. The van der Waals surface area contributed by atoms with E-state index in [1.165, 1.54) is 0 Å². The first-order valence-electron chi connectivity index (χ1n) is 9.84. The maximum atomic E-state index is 12.8. The summed E-state index contributed by atoms with van der Waals surface area (Å²) in [6.07, 6.45) is 0.139. The summed E-state index contributed by atoms with van der Waals surface area (Å²) in [7, 11) is 0. The van der Waals surface area contributed by atoms with Gasteiger partial charge in [0.25, 0.3) is 0 Å². The fourth-order valence-corrected chi connectivity index (χ4v) is 3.50. The minimum atomic E-state index is -0.425. The van der Waals surface area contributed by atoms with Crippen molar-refractivity contribution < 1.29 is 14.3 Å². The van der Waals surface area contributed by atoms with E-state index in [0.717, 1.165) is 0 Å². The number of hydrogen-bond donors (Lipinski definition) is 2. The van der Waals surface area contributed by atoms with Crippen molar-refractivity contribution >= 4 is 39.3 Å². The molecule has 3 aromatic carbocycles. The van der Waals surface area contributed by atoms with E-state index in [4.69, 9.17) is 10.5 Å². The molecule has 0 aliphatic heterocycles. The van der Waals surface area contributed by atoms with Crippen LogP contribution in [-0.2, 0) is 16.1 Å². The number of fused-ring (bicyclic) bond motifs is 2. The number of pyridine rings is 1. The molecule has 31 heavy (non-hydrogen) atoms. The van der Waals surface area contributed by atoms with Gasteiger partial charge in [0.1, 0.15) is 12.3 Å². The highest BCUT2D eigenvalue weighted by atomic mass is 16.5. The van der Waals surface area contributed by atoms with Gasteiger partial charge in [-0.05, 0) is 48.5 Å². The Morgan fingerprint density at radius 3 is 2.03 bits per heavy atom. The Labute approximate surface area is 178 Å². The van der Waals surface area contributed by atoms with E-state index in [1.807, 2.05) is 41.0 Å². The lowest BCUT2D eigenvalue weighted by molar-refractivity contribution is -0.118. The van der Waals surface area contributed by atoms with Gasteiger partial charge in [-0.2, -0.15) is 0 Å². The Kier molecular flexibility index (Phi) is 5.66. The molecule has 7 heteroatoms. The molecule has 0 aliphatic rings. The number of para-hydroxylation sites is 2. The molecule has 1 aromatic heterocycles. The van der Waals surface area contributed by atoms with Gasteiger partial charge in [-0.25, -0.2) is 0 Å². The number of benzene rings is 3. The number of aromatic nitrogens is 1. The van der Waals surface area contributed by atoms with Crippen molar-refractivity contribution in [3.8, 4) is 5.75 Å². The molecule has 1 heterocycles. The Morgan fingerprint density at radius 1 is 0.871 bits per heavy atom. The van der Waals surface area contributed by atoms with E-state index in [0.29, 0.717) is 33.2 Å². The first-order chi connectivity index (χ1) is 15.0. The lowest BCUT2D eigenvalue weighted by Gasteiger charge is -2.15. The quantitative estimate of drug-likeness (QED) is 0.453. The molecule has 0 spiro atoms. The van der Waals surface area contributed by atoms with E-state index in [-0.39, 0.29) is 30.9 Å². The molecule has 3 N–H and O–H groups in total. The maximum absolute atomic E-state index is 12.8. The molecular formula is C24H21N3O4. The van der Waals surface area contributed by atoms with Crippen LogP contribution in [0.1, 0.15) is 6.42 Å². The fourth-order valence-electron chi connectivity index (χ4n) is 3.50. The van der Waals surface area contributed by atoms with Crippen molar-refractivity contribution in [3.63, 3.8) is 0 Å². The summed E-state index contributed by atoms with van der Waals surface area (Å²) in [5, 5.41) is 4.02. The highest BCUT2D eigenvalue weighted by Crippen LogP contribution is 2.20. The van der Waals surface area contributed by atoms with Crippen LogP contribution in [0, 0.1) is 0 Å². The van der Waals surface area contributed by atoms with Gasteiger partial charge < -0.3 is 20.4 Å². The van der Waals surface area contributed by atoms with Crippen LogP contribution in [0.5, 0.6) is 5.75 Å². The Bertz CT molecular complexity index is 1270. The third kappa shape index (κ3) is 4.40. The first kappa shape index (κ1) is 20.2. The molecule has 2 amide bonds. The number of nitrogens with two attached hydrogens (primary N) is 1. The van der Waals surface area contributed by atoms with Gasteiger partial charge in [-0.3, -0.25) is 14.4 Å². The monoisotopic (exact) mass is 415 g/mol. The van der Waals surface area contributed by atoms with Crippen molar-refractivity contribution in [1.29, 1.82) is 0 Å². The second kappa shape index (κ2) is 8.71. The van der Waals surface area contributed by atoms with E-state index in [9.17, 15) is 14.4 Å². The smallest absolute Gasteiger partial charge is 0.244 e. The second-order valence-electron chi connectivity index (χ2n) is 7.09. The Balaban J connectivity index is 1.55. The SMILES string of the molecule is NC(=O)CCOc1ccc(NC(=O)Cn2c3ccccc3c(=O)c3ccccc32)cc1. The van der Waals surface area contributed by atoms with E-state index < -0.39 is 5.91 Å². The summed E-state index contributed by atoms with van der Waals surface area (Å²) in [6.45, 7) is 0.256. The summed E-state index contributed by atoms with van der Waals surface area (Å²) in [4.78, 5) is 36.4. The van der Waals surface area contributed by atoms with Crippen LogP contribution in [-0.4, -0.2) is 23.0 Å². The number of carbonyl (C=O) groups excluding carboxylic acids is 2. The summed E-state index contributed by atoms with van der Waals surface area (Å²) in [5.41, 5.74) is 7.07. The zero-order valence-corrected chi connectivity index (χ0v) is 16.7. The van der Waals surface area contributed by atoms with Crippen molar-refractivity contribution in [3.05, 3.63) is 83.0 Å². The topological polar surface area (TPSA) is 103 Å². The molecule has 0 fully saturated rings. The van der Waals surface area contributed by atoms with Crippen LogP contribution >= 0.6 is 0 Å². The number of carbonyl (C=O) groups is 2. The van der Waals surface area contributed by atoms with Gasteiger partial charge >= 0.3 is 0 Å². The van der Waals surface area contributed by atoms with Crippen molar-refractivity contribution in [2.75, 3.05) is 11.9 Å². The van der Waals surface area contributed by atoms with E-state index in [2.05, 4.69) is 5.32 Å². The molecular weight excluding hydrogens is 394 g/mol. The maximum Gasteiger partial charge on any atom is 0.244 e. The lowest BCUT2D eigenvalue weighted by atomic mass is 10.1. The van der Waals surface area contributed by atoms with E-state index in [1.54, 1.807) is 36.4 Å². The molecule has 4 rings (SSSR count). The van der Waals surface area contributed by atoms with Gasteiger partial charge in [0.2, 0.25) is 11.8 Å². The fraction of sp³-hybridized carbons (Fsp3) is 0.125. The molecule has 0 unspecified atom stereocenters. The second-order valence-corrected chi connectivity index (χ2v) is 7.09. The minimum absolute atomic E-state index is 0.0465. The highest BCUT2D eigenvalue weighted by molar-refractivity contribution is 5.97. The number of nitrogens with one attached hydrogen (secondary N) is 1. The summed E-state index contributed by atoms with van der Waals surface area (Å²) >= 11 is 0. The first-order valence-corrected chi connectivity index (χ1v) is 9.84. The number of nitrogens with zero attached hydrogens (tertiary/aromatic N) is 1. The molecule has 0 aliphatic carbocycles. The molecule has 0 bridgehead atoms. The number of ether oxygens (including phenoxy) is 1.